The maximum Gasteiger partial charge on any atom is 0.117 e. The van der Waals surface area contributed by atoms with Gasteiger partial charge in [0, 0.05) is 13.0 Å². The van der Waals surface area contributed by atoms with Crippen molar-refractivity contribution in [3.05, 3.63) is 65.0 Å². The number of imidazole rings is 1. The second-order valence-electron chi connectivity index (χ2n) is 5.27. The fourth-order valence-corrected chi connectivity index (χ4v) is 3.12. The standard InChI is InChI=1S/C17H13N3/c1-20-15-8-4-6-12(10-18)16(15)19-17(20)14-9-11-5-2-3-7-13(11)14/h2-8,14H,9H2,1H3. The van der Waals surface area contributed by atoms with Gasteiger partial charge in [-0.1, -0.05) is 30.3 Å². The molecule has 0 saturated heterocycles. The third-order valence-electron chi connectivity index (χ3n) is 4.23. The number of nitrogens with zero attached hydrogens (tertiary/aromatic N) is 3. The molecule has 1 aliphatic rings. The van der Waals surface area contributed by atoms with E-state index < -0.39 is 0 Å². The first-order valence-electron chi connectivity index (χ1n) is 6.73. The van der Waals surface area contributed by atoms with Crippen LogP contribution in [0.25, 0.3) is 11.0 Å². The normalized spacial score (nSPS) is 16.5. The number of hydrogen-bond acceptors (Lipinski definition) is 2. The molecule has 96 valence electrons. The summed E-state index contributed by atoms with van der Waals surface area (Å²) in [5.41, 5.74) is 5.27. The van der Waals surface area contributed by atoms with Gasteiger partial charge >= 0.3 is 0 Å². The summed E-state index contributed by atoms with van der Waals surface area (Å²) in [6.07, 6.45) is 1.04. The molecule has 3 heteroatoms. The van der Waals surface area contributed by atoms with Crippen LogP contribution in [0.5, 0.6) is 0 Å². The molecule has 1 atom stereocenters. The van der Waals surface area contributed by atoms with E-state index in [0.717, 1.165) is 23.3 Å². The Morgan fingerprint density at radius 3 is 2.85 bits per heavy atom. The monoisotopic (exact) mass is 259 g/mol. The Labute approximate surface area is 117 Å². The molecular weight excluding hydrogens is 246 g/mol. The van der Waals surface area contributed by atoms with Crippen LogP contribution < -0.4 is 0 Å². The molecule has 20 heavy (non-hydrogen) atoms. The first-order chi connectivity index (χ1) is 9.79. The van der Waals surface area contributed by atoms with Gasteiger partial charge in [0.05, 0.1) is 11.1 Å². The molecule has 0 bridgehead atoms. The predicted octanol–water partition coefficient (Wildman–Crippen LogP) is 3.13. The van der Waals surface area contributed by atoms with Crippen LogP contribution in [0.3, 0.4) is 0 Å². The number of rotatable bonds is 1. The Balaban J connectivity index is 1.91. The van der Waals surface area contributed by atoms with E-state index >= 15 is 0 Å². The molecule has 1 aliphatic carbocycles. The lowest BCUT2D eigenvalue weighted by atomic mass is 9.77. The Kier molecular flexibility index (Phi) is 2.22. The van der Waals surface area contributed by atoms with Crippen molar-refractivity contribution in [3.63, 3.8) is 0 Å². The van der Waals surface area contributed by atoms with Gasteiger partial charge in [0.15, 0.2) is 0 Å². The van der Waals surface area contributed by atoms with Crippen molar-refractivity contribution < 1.29 is 0 Å². The van der Waals surface area contributed by atoms with E-state index in [1.807, 2.05) is 25.2 Å². The van der Waals surface area contributed by atoms with E-state index in [9.17, 15) is 5.26 Å². The highest BCUT2D eigenvalue weighted by Gasteiger charge is 2.31. The predicted molar refractivity (Wildman–Crippen MR) is 77.4 cm³/mol. The Morgan fingerprint density at radius 1 is 1.20 bits per heavy atom. The summed E-state index contributed by atoms with van der Waals surface area (Å²) in [7, 11) is 2.03. The molecule has 1 heterocycles. The third kappa shape index (κ3) is 1.36. The molecule has 0 N–H and O–H groups in total. The van der Waals surface area contributed by atoms with Crippen molar-refractivity contribution in [2.75, 3.05) is 0 Å². The molecule has 0 fully saturated rings. The van der Waals surface area contributed by atoms with Crippen LogP contribution >= 0.6 is 0 Å². The Bertz CT molecular complexity index is 868. The zero-order valence-corrected chi connectivity index (χ0v) is 11.2. The molecule has 0 saturated carbocycles. The van der Waals surface area contributed by atoms with Crippen LogP contribution in [0.1, 0.15) is 28.4 Å². The highest BCUT2D eigenvalue weighted by Crippen LogP contribution is 2.40. The second kappa shape index (κ2) is 3.94. The van der Waals surface area contributed by atoms with Crippen LogP contribution in [0.15, 0.2) is 42.5 Å². The first-order valence-corrected chi connectivity index (χ1v) is 6.73. The molecule has 3 aromatic rings. The number of aryl methyl sites for hydroxylation is 1. The summed E-state index contributed by atoms with van der Waals surface area (Å²) < 4.78 is 2.12. The van der Waals surface area contributed by atoms with Crippen molar-refractivity contribution in [2.45, 2.75) is 12.3 Å². The Morgan fingerprint density at radius 2 is 2.05 bits per heavy atom. The van der Waals surface area contributed by atoms with Crippen LogP contribution in [-0.4, -0.2) is 9.55 Å². The number of nitriles is 1. The maximum absolute atomic E-state index is 9.20. The maximum atomic E-state index is 9.20. The number of fused-ring (bicyclic) bond motifs is 2. The van der Waals surface area contributed by atoms with Crippen molar-refractivity contribution >= 4 is 11.0 Å². The van der Waals surface area contributed by atoms with Gasteiger partial charge in [0.1, 0.15) is 17.4 Å². The number of para-hydroxylation sites is 1. The fourth-order valence-electron chi connectivity index (χ4n) is 3.12. The van der Waals surface area contributed by atoms with E-state index in [0.29, 0.717) is 11.5 Å². The lowest BCUT2D eigenvalue weighted by Crippen LogP contribution is -2.21. The molecule has 0 radical (unpaired) electrons. The third-order valence-corrected chi connectivity index (χ3v) is 4.23. The van der Waals surface area contributed by atoms with E-state index in [4.69, 9.17) is 4.98 Å². The molecule has 0 amide bonds. The van der Waals surface area contributed by atoms with E-state index in [1.165, 1.54) is 11.1 Å². The second-order valence-corrected chi connectivity index (χ2v) is 5.27. The quantitative estimate of drug-likeness (QED) is 0.673. The van der Waals surface area contributed by atoms with Gasteiger partial charge in [-0.15, -0.1) is 0 Å². The summed E-state index contributed by atoms with van der Waals surface area (Å²) in [6.45, 7) is 0. The van der Waals surface area contributed by atoms with Gasteiger partial charge in [-0.25, -0.2) is 4.98 Å². The number of aromatic nitrogens is 2. The summed E-state index contributed by atoms with van der Waals surface area (Å²) in [4.78, 5) is 4.74. The molecular formula is C17H13N3. The number of hydrogen-bond donors (Lipinski definition) is 0. The van der Waals surface area contributed by atoms with Gasteiger partial charge in [0.2, 0.25) is 0 Å². The van der Waals surface area contributed by atoms with Crippen molar-refractivity contribution in [1.29, 1.82) is 5.26 Å². The van der Waals surface area contributed by atoms with E-state index in [1.54, 1.807) is 0 Å². The van der Waals surface area contributed by atoms with Crippen molar-refractivity contribution in [2.24, 2.45) is 7.05 Å². The minimum absolute atomic E-state index is 0.357. The summed E-state index contributed by atoms with van der Waals surface area (Å²) in [6, 6.07) is 16.5. The van der Waals surface area contributed by atoms with Gasteiger partial charge in [0.25, 0.3) is 0 Å². The van der Waals surface area contributed by atoms with E-state index in [-0.39, 0.29) is 0 Å². The van der Waals surface area contributed by atoms with Gasteiger partial charge in [-0.2, -0.15) is 5.26 Å². The van der Waals surface area contributed by atoms with Crippen LogP contribution in [-0.2, 0) is 13.5 Å². The molecule has 1 aromatic heterocycles. The first kappa shape index (κ1) is 11.2. The van der Waals surface area contributed by atoms with Crippen molar-refractivity contribution in [3.8, 4) is 6.07 Å². The summed E-state index contributed by atoms with van der Waals surface area (Å²) >= 11 is 0. The van der Waals surface area contributed by atoms with Crippen LogP contribution in [0.2, 0.25) is 0 Å². The molecule has 2 aromatic carbocycles. The van der Waals surface area contributed by atoms with Gasteiger partial charge < -0.3 is 4.57 Å². The van der Waals surface area contributed by atoms with E-state index in [2.05, 4.69) is 34.9 Å². The highest BCUT2D eigenvalue weighted by molar-refractivity contribution is 5.82. The molecule has 3 nitrogen and oxygen atoms in total. The molecule has 1 unspecified atom stereocenters. The summed E-state index contributed by atoms with van der Waals surface area (Å²) in [5, 5.41) is 9.20. The van der Waals surface area contributed by atoms with Gasteiger partial charge in [-0.05, 0) is 29.7 Å². The minimum Gasteiger partial charge on any atom is -0.331 e. The number of benzene rings is 2. The lowest BCUT2D eigenvalue weighted by Gasteiger charge is -2.29. The molecule has 0 spiro atoms. The lowest BCUT2D eigenvalue weighted by molar-refractivity contribution is 0.634. The largest absolute Gasteiger partial charge is 0.331 e. The van der Waals surface area contributed by atoms with Gasteiger partial charge in [-0.3, -0.25) is 0 Å². The zero-order chi connectivity index (χ0) is 13.7. The highest BCUT2D eigenvalue weighted by atomic mass is 15.1. The SMILES string of the molecule is Cn1c(C2Cc3ccccc32)nc2c(C#N)cccc21. The van der Waals surface area contributed by atoms with Crippen molar-refractivity contribution in [1.82, 2.24) is 9.55 Å². The van der Waals surface area contributed by atoms with Crippen LogP contribution in [0, 0.1) is 11.3 Å². The topological polar surface area (TPSA) is 41.6 Å². The summed E-state index contributed by atoms with van der Waals surface area (Å²) in [5.74, 6) is 1.41. The minimum atomic E-state index is 0.357. The molecule has 4 rings (SSSR count). The molecule has 0 aliphatic heterocycles. The fraction of sp³-hybridized carbons (Fsp3) is 0.176. The average molecular weight is 259 g/mol. The zero-order valence-electron chi connectivity index (χ0n) is 11.2. The average Bonchev–Trinajstić information content (AvgIpc) is 2.78. The smallest absolute Gasteiger partial charge is 0.117 e. The Hall–Kier alpha value is -2.60. The van der Waals surface area contributed by atoms with Crippen LogP contribution in [0.4, 0.5) is 0 Å².